The van der Waals surface area contributed by atoms with Gasteiger partial charge in [0.05, 0.1) is 5.02 Å². The van der Waals surface area contributed by atoms with Gasteiger partial charge in [0.15, 0.2) is 0 Å². The van der Waals surface area contributed by atoms with Crippen molar-refractivity contribution in [2.75, 3.05) is 13.1 Å². The second-order valence-corrected chi connectivity index (χ2v) is 7.31. The molecule has 1 fully saturated rings. The van der Waals surface area contributed by atoms with Crippen LogP contribution < -0.4 is 5.32 Å². The van der Waals surface area contributed by atoms with Crippen LogP contribution in [0.25, 0.3) is 0 Å². The summed E-state index contributed by atoms with van der Waals surface area (Å²) in [7, 11) is 0. The molecule has 2 heterocycles. The molecule has 1 saturated heterocycles. The lowest BCUT2D eigenvalue weighted by Crippen LogP contribution is -2.62. The van der Waals surface area contributed by atoms with Gasteiger partial charge in [-0.15, -0.1) is 0 Å². The summed E-state index contributed by atoms with van der Waals surface area (Å²) in [5, 5.41) is 4.51. The first-order valence-corrected chi connectivity index (χ1v) is 8.39. The van der Waals surface area contributed by atoms with Crippen LogP contribution in [0, 0.1) is 5.92 Å². The van der Waals surface area contributed by atoms with E-state index >= 15 is 0 Å². The molecule has 2 unspecified atom stereocenters. The van der Waals surface area contributed by atoms with Crippen molar-refractivity contribution >= 4 is 11.6 Å². The van der Waals surface area contributed by atoms with E-state index in [0.29, 0.717) is 6.04 Å². The number of aromatic nitrogens is 1. The standard InChI is InChI=1S/C17H28ClN3/c1-5-17(4)12-20-15(8-13(2)3)11-21(17)10-14-6-7-19-9-16(14)18/h6-7,9,13,15,20H,5,8,10-12H2,1-4H3. The van der Waals surface area contributed by atoms with Crippen LogP contribution >= 0.6 is 11.6 Å². The Morgan fingerprint density at radius 1 is 1.52 bits per heavy atom. The van der Waals surface area contributed by atoms with Crippen LogP contribution in [-0.2, 0) is 6.54 Å². The van der Waals surface area contributed by atoms with E-state index in [1.165, 1.54) is 12.0 Å². The minimum atomic E-state index is 0.195. The highest BCUT2D eigenvalue weighted by atomic mass is 35.5. The van der Waals surface area contributed by atoms with Crippen LogP contribution in [0.4, 0.5) is 0 Å². The quantitative estimate of drug-likeness (QED) is 0.898. The number of nitrogens with one attached hydrogen (secondary N) is 1. The van der Waals surface area contributed by atoms with Gasteiger partial charge in [-0.05, 0) is 37.3 Å². The van der Waals surface area contributed by atoms with Crippen molar-refractivity contribution in [3.05, 3.63) is 29.0 Å². The molecule has 0 saturated carbocycles. The minimum absolute atomic E-state index is 0.195. The third-order valence-corrected chi connectivity index (χ3v) is 5.05. The van der Waals surface area contributed by atoms with Gasteiger partial charge in [0, 0.05) is 43.6 Å². The van der Waals surface area contributed by atoms with E-state index in [1.54, 1.807) is 6.20 Å². The van der Waals surface area contributed by atoms with Crippen molar-refractivity contribution < 1.29 is 0 Å². The zero-order chi connectivity index (χ0) is 15.5. The summed E-state index contributed by atoms with van der Waals surface area (Å²) in [6.45, 7) is 12.2. The van der Waals surface area contributed by atoms with Crippen LogP contribution in [0.1, 0.15) is 46.1 Å². The fraction of sp³-hybridized carbons (Fsp3) is 0.706. The van der Waals surface area contributed by atoms with Crippen molar-refractivity contribution in [1.29, 1.82) is 0 Å². The van der Waals surface area contributed by atoms with E-state index in [9.17, 15) is 0 Å². The zero-order valence-corrected chi connectivity index (χ0v) is 14.5. The molecule has 1 aliphatic heterocycles. The average Bonchev–Trinajstić information content (AvgIpc) is 2.44. The summed E-state index contributed by atoms with van der Waals surface area (Å²) in [4.78, 5) is 6.68. The summed E-state index contributed by atoms with van der Waals surface area (Å²) < 4.78 is 0. The van der Waals surface area contributed by atoms with Gasteiger partial charge in [-0.3, -0.25) is 9.88 Å². The van der Waals surface area contributed by atoms with Gasteiger partial charge in [-0.25, -0.2) is 0 Å². The monoisotopic (exact) mass is 309 g/mol. The van der Waals surface area contributed by atoms with Crippen molar-refractivity contribution in [3.8, 4) is 0 Å². The first-order chi connectivity index (χ1) is 9.94. The number of hydrogen-bond acceptors (Lipinski definition) is 3. The number of piperazine rings is 1. The molecule has 1 aliphatic rings. The maximum absolute atomic E-state index is 6.30. The minimum Gasteiger partial charge on any atom is -0.311 e. The Kier molecular flexibility index (Phi) is 5.64. The van der Waals surface area contributed by atoms with E-state index < -0.39 is 0 Å². The first-order valence-electron chi connectivity index (χ1n) is 8.01. The van der Waals surface area contributed by atoms with E-state index in [4.69, 9.17) is 11.6 Å². The lowest BCUT2D eigenvalue weighted by atomic mass is 9.89. The van der Waals surface area contributed by atoms with E-state index in [2.05, 4.69) is 42.9 Å². The van der Waals surface area contributed by atoms with E-state index in [0.717, 1.165) is 37.0 Å². The lowest BCUT2D eigenvalue weighted by Gasteiger charge is -2.48. The van der Waals surface area contributed by atoms with Gasteiger partial charge in [0.25, 0.3) is 0 Å². The average molecular weight is 310 g/mol. The summed E-state index contributed by atoms with van der Waals surface area (Å²) >= 11 is 6.30. The molecule has 0 radical (unpaired) electrons. The third-order valence-electron chi connectivity index (χ3n) is 4.71. The summed E-state index contributed by atoms with van der Waals surface area (Å²) in [5.74, 6) is 0.722. The maximum atomic E-state index is 6.30. The molecular weight excluding hydrogens is 282 g/mol. The molecule has 0 aliphatic carbocycles. The van der Waals surface area contributed by atoms with Crippen molar-refractivity contribution in [1.82, 2.24) is 15.2 Å². The lowest BCUT2D eigenvalue weighted by molar-refractivity contribution is 0.0372. The molecule has 21 heavy (non-hydrogen) atoms. The SMILES string of the molecule is CCC1(C)CNC(CC(C)C)CN1Cc1ccncc1Cl. The number of rotatable bonds is 5. The molecule has 1 N–H and O–H groups in total. The fourth-order valence-electron chi connectivity index (χ4n) is 3.10. The predicted octanol–water partition coefficient (Wildman–Crippen LogP) is 3.72. The molecule has 118 valence electrons. The third kappa shape index (κ3) is 4.18. The largest absolute Gasteiger partial charge is 0.311 e. The highest BCUT2D eigenvalue weighted by molar-refractivity contribution is 6.31. The maximum Gasteiger partial charge on any atom is 0.0634 e. The predicted molar refractivity (Wildman–Crippen MR) is 89.6 cm³/mol. The Morgan fingerprint density at radius 3 is 2.90 bits per heavy atom. The van der Waals surface area contributed by atoms with Crippen LogP contribution in [-0.4, -0.2) is 34.6 Å². The van der Waals surface area contributed by atoms with Crippen LogP contribution in [0.15, 0.2) is 18.5 Å². The normalized spacial score (nSPS) is 27.2. The second kappa shape index (κ2) is 7.08. The van der Waals surface area contributed by atoms with Gasteiger partial charge in [0.1, 0.15) is 0 Å². The molecule has 0 bridgehead atoms. The van der Waals surface area contributed by atoms with Crippen LogP contribution in [0.3, 0.4) is 0 Å². The molecule has 0 spiro atoms. The fourth-order valence-corrected chi connectivity index (χ4v) is 3.27. The Morgan fingerprint density at radius 2 is 2.29 bits per heavy atom. The Labute approximate surface area is 134 Å². The number of hydrogen-bond donors (Lipinski definition) is 1. The van der Waals surface area contributed by atoms with Gasteiger partial charge >= 0.3 is 0 Å². The highest BCUT2D eigenvalue weighted by Crippen LogP contribution is 2.28. The molecule has 1 aromatic heterocycles. The van der Waals surface area contributed by atoms with Gasteiger partial charge in [-0.2, -0.15) is 0 Å². The zero-order valence-electron chi connectivity index (χ0n) is 13.7. The molecule has 1 aromatic rings. The topological polar surface area (TPSA) is 28.2 Å². The smallest absolute Gasteiger partial charge is 0.0634 e. The molecule has 2 rings (SSSR count). The Hall–Kier alpha value is -0.640. The second-order valence-electron chi connectivity index (χ2n) is 6.91. The molecule has 3 nitrogen and oxygen atoms in total. The number of pyridine rings is 1. The molecular formula is C17H28ClN3. The molecule has 4 heteroatoms. The van der Waals surface area contributed by atoms with Gasteiger partial charge < -0.3 is 5.32 Å². The molecule has 0 amide bonds. The van der Waals surface area contributed by atoms with Gasteiger partial charge in [-0.1, -0.05) is 32.4 Å². The Balaban J connectivity index is 2.13. The van der Waals surface area contributed by atoms with E-state index in [-0.39, 0.29) is 5.54 Å². The first kappa shape index (κ1) is 16.7. The summed E-state index contributed by atoms with van der Waals surface area (Å²) in [5.41, 5.74) is 1.37. The van der Waals surface area contributed by atoms with Crippen molar-refractivity contribution in [2.45, 2.75) is 58.7 Å². The van der Waals surface area contributed by atoms with Crippen LogP contribution in [0.5, 0.6) is 0 Å². The summed E-state index contributed by atoms with van der Waals surface area (Å²) in [6.07, 6.45) is 5.93. The van der Waals surface area contributed by atoms with Crippen molar-refractivity contribution in [2.24, 2.45) is 5.92 Å². The number of halogens is 1. The molecule has 0 aromatic carbocycles. The van der Waals surface area contributed by atoms with Crippen molar-refractivity contribution in [3.63, 3.8) is 0 Å². The summed E-state index contributed by atoms with van der Waals surface area (Å²) in [6, 6.07) is 2.61. The number of nitrogens with zero attached hydrogens (tertiary/aromatic N) is 2. The van der Waals surface area contributed by atoms with Crippen LogP contribution in [0.2, 0.25) is 5.02 Å². The highest BCUT2D eigenvalue weighted by Gasteiger charge is 2.36. The Bertz CT molecular complexity index is 463. The van der Waals surface area contributed by atoms with E-state index in [1.807, 2.05) is 12.3 Å². The molecule has 2 atom stereocenters. The van der Waals surface area contributed by atoms with Gasteiger partial charge in [0.2, 0.25) is 0 Å².